The quantitative estimate of drug-likeness (QED) is 0.269. The Bertz CT molecular complexity index is 1520. The summed E-state index contributed by atoms with van der Waals surface area (Å²) in [6, 6.07) is 20.8. The van der Waals surface area contributed by atoms with Crippen molar-refractivity contribution < 1.29 is 14.3 Å². The van der Waals surface area contributed by atoms with E-state index in [0.29, 0.717) is 34.5 Å². The van der Waals surface area contributed by atoms with Crippen molar-refractivity contribution >= 4 is 40.4 Å². The number of benzene rings is 3. The minimum absolute atomic E-state index is 0.327. The van der Waals surface area contributed by atoms with Crippen LogP contribution in [0, 0.1) is 13.8 Å². The zero-order chi connectivity index (χ0) is 29.6. The molecule has 0 atom stereocenters. The average Bonchev–Trinajstić information content (AvgIpc) is 3.00. The number of hydrogen-bond donors (Lipinski definition) is 2. The third-order valence-electron chi connectivity index (χ3n) is 7.45. The van der Waals surface area contributed by atoms with Crippen molar-refractivity contribution in [2.24, 2.45) is 0 Å². The Morgan fingerprint density at radius 2 is 1.60 bits per heavy atom. The van der Waals surface area contributed by atoms with E-state index in [2.05, 4.69) is 49.6 Å². The van der Waals surface area contributed by atoms with Crippen LogP contribution in [0.3, 0.4) is 0 Å². The number of para-hydroxylation sites is 1. The monoisotopic (exact) mass is 567 g/mol. The Morgan fingerprint density at radius 3 is 2.26 bits per heavy atom. The van der Waals surface area contributed by atoms with E-state index in [0.717, 1.165) is 48.7 Å². The number of hydrogen-bond acceptors (Lipinski definition) is 8. The van der Waals surface area contributed by atoms with Crippen molar-refractivity contribution in [2.45, 2.75) is 13.8 Å². The fourth-order valence-electron chi connectivity index (χ4n) is 4.98. The summed E-state index contributed by atoms with van der Waals surface area (Å²) in [4.78, 5) is 29.1. The van der Waals surface area contributed by atoms with Crippen molar-refractivity contribution in [3.63, 3.8) is 0 Å². The van der Waals surface area contributed by atoms with Gasteiger partial charge in [0.1, 0.15) is 29.5 Å². The molecule has 1 aliphatic heterocycles. The summed E-state index contributed by atoms with van der Waals surface area (Å²) < 4.78 is 10.8. The molecular formula is C32H37N7O3. The third-order valence-corrected chi connectivity index (χ3v) is 7.45. The number of carbonyl (C=O) groups is 1. The van der Waals surface area contributed by atoms with Crippen LogP contribution >= 0.6 is 0 Å². The fourth-order valence-corrected chi connectivity index (χ4v) is 4.98. The molecule has 1 aromatic heterocycles. The first-order valence-electron chi connectivity index (χ1n) is 13.9. The average molecular weight is 568 g/mol. The van der Waals surface area contributed by atoms with Crippen LogP contribution in [0.15, 0.2) is 73.1 Å². The number of aromatic nitrogens is 2. The molecule has 10 nitrogen and oxygen atoms in total. The van der Waals surface area contributed by atoms with E-state index in [1.54, 1.807) is 31.3 Å². The highest BCUT2D eigenvalue weighted by molar-refractivity contribution is 6.07. The van der Waals surface area contributed by atoms with Gasteiger partial charge in [0.15, 0.2) is 0 Å². The molecule has 0 bridgehead atoms. The minimum atomic E-state index is -0.327. The van der Waals surface area contributed by atoms with Gasteiger partial charge in [-0.3, -0.25) is 0 Å². The van der Waals surface area contributed by atoms with Crippen LogP contribution < -0.4 is 29.9 Å². The van der Waals surface area contributed by atoms with E-state index in [9.17, 15) is 4.79 Å². The van der Waals surface area contributed by atoms with E-state index in [4.69, 9.17) is 9.47 Å². The molecule has 2 N–H and O–H groups in total. The number of carbonyl (C=O) groups excluding carboxylic acids is 1. The molecule has 2 heterocycles. The lowest BCUT2D eigenvalue weighted by Gasteiger charge is -2.34. The molecule has 3 aromatic carbocycles. The lowest BCUT2D eigenvalue weighted by Crippen LogP contribution is -2.44. The molecule has 5 rings (SSSR count). The van der Waals surface area contributed by atoms with Crippen molar-refractivity contribution in [1.29, 1.82) is 0 Å². The number of urea groups is 1. The second kappa shape index (κ2) is 12.8. The maximum atomic E-state index is 14.0. The number of piperazine rings is 1. The highest BCUT2D eigenvalue weighted by Crippen LogP contribution is 2.33. The Balaban J connectivity index is 1.48. The summed E-state index contributed by atoms with van der Waals surface area (Å²) >= 11 is 0. The maximum Gasteiger partial charge on any atom is 0.332 e. The molecular weight excluding hydrogens is 530 g/mol. The van der Waals surface area contributed by atoms with Crippen molar-refractivity contribution in [1.82, 2.24) is 14.9 Å². The number of nitrogens with zero attached hydrogens (tertiary/aromatic N) is 5. The number of anilines is 6. The number of likely N-dealkylation sites (N-methyl/N-ethyl adjacent to an activating group) is 1. The van der Waals surface area contributed by atoms with Crippen molar-refractivity contribution in [2.75, 3.05) is 67.9 Å². The molecule has 0 spiro atoms. The fraction of sp³-hybridized carbons (Fsp3) is 0.281. The summed E-state index contributed by atoms with van der Waals surface area (Å²) in [5.41, 5.74) is 5.24. The van der Waals surface area contributed by atoms with E-state index in [1.165, 1.54) is 6.33 Å². The first-order valence-corrected chi connectivity index (χ1v) is 13.9. The van der Waals surface area contributed by atoms with Crippen LogP contribution in [0.1, 0.15) is 11.1 Å². The largest absolute Gasteiger partial charge is 0.497 e. The van der Waals surface area contributed by atoms with Gasteiger partial charge in [-0.05, 0) is 68.4 Å². The molecule has 0 unspecified atom stereocenters. The Hall–Kier alpha value is -4.83. The number of rotatable bonds is 8. The van der Waals surface area contributed by atoms with Gasteiger partial charge in [-0.1, -0.05) is 18.2 Å². The molecule has 1 aliphatic rings. The highest BCUT2D eigenvalue weighted by atomic mass is 16.5. The van der Waals surface area contributed by atoms with Gasteiger partial charge in [-0.2, -0.15) is 0 Å². The SMILES string of the molecule is COc1ccc(Nc2cc(N(C(=O)Nc3c(C)cccc3C)c3ccc(N4CCN(C)CC4)cc3)ncn2)c(OC)c1. The topological polar surface area (TPSA) is 95.1 Å². The maximum absolute atomic E-state index is 14.0. The summed E-state index contributed by atoms with van der Waals surface area (Å²) in [5.74, 6) is 2.19. The first-order chi connectivity index (χ1) is 20.4. The van der Waals surface area contributed by atoms with E-state index < -0.39 is 0 Å². The van der Waals surface area contributed by atoms with Crippen LogP contribution in [0.25, 0.3) is 0 Å². The highest BCUT2D eigenvalue weighted by Gasteiger charge is 2.23. The molecule has 1 fully saturated rings. The number of aryl methyl sites for hydroxylation is 2. The van der Waals surface area contributed by atoms with Gasteiger partial charge in [0.05, 0.1) is 25.6 Å². The van der Waals surface area contributed by atoms with Gasteiger partial charge in [-0.25, -0.2) is 19.7 Å². The molecule has 0 aliphatic carbocycles. The predicted octanol–water partition coefficient (Wildman–Crippen LogP) is 5.98. The van der Waals surface area contributed by atoms with E-state index in [-0.39, 0.29) is 6.03 Å². The van der Waals surface area contributed by atoms with E-state index >= 15 is 0 Å². The van der Waals surface area contributed by atoms with Crippen molar-refractivity contribution in [3.8, 4) is 11.5 Å². The van der Waals surface area contributed by atoms with Gasteiger partial charge in [0, 0.05) is 49.7 Å². The van der Waals surface area contributed by atoms with Gasteiger partial charge < -0.3 is 29.9 Å². The molecule has 4 aromatic rings. The Kier molecular flexibility index (Phi) is 8.73. The second-order valence-corrected chi connectivity index (χ2v) is 10.3. The summed E-state index contributed by atoms with van der Waals surface area (Å²) in [7, 11) is 5.34. The van der Waals surface area contributed by atoms with Crippen LogP contribution in [-0.2, 0) is 0 Å². The zero-order valence-electron chi connectivity index (χ0n) is 24.7. The summed E-state index contributed by atoms with van der Waals surface area (Å²) in [6.07, 6.45) is 1.44. The Morgan fingerprint density at radius 1 is 0.881 bits per heavy atom. The molecule has 1 saturated heterocycles. The second-order valence-electron chi connectivity index (χ2n) is 10.3. The number of amides is 2. The number of methoxy groups -OCH3 is 2. The molecule has 2 amide bonds. The van der Waals surface area contributed by atoms with Crippen LogP contribution in [0.2, 0.25) is 0 Å². The standard InChI is InChI=1S/C32H37N7O3/c1-22-7-6-8-23(2)31(22)36-32(40)39(25-11-9-24(10-12-25)38-17-15-37(3)16-18-38)30-20-29(33-21-34-30)35-27-14-13-26(41-4)19-28(27)42-5/h6-14,19-21H,15-18H2,1-5H3,(H,36,40)(H,33,34,35). The smallest absolute Gasteiger partial charge is 0.332 e. The van der Waals surface area contributed by atoms with Crippen LogP contribution in [0.4, 0.5) is 39.2 Å². The molecule has 0 saturated carbocycles. The van der Waals surface area contributed by atoms with Gasteiger partial charge >= 0.3 is 6.03 Å². The van der Waals surface area contributed by atoms with Crippen LogP contribution in [-0.4, -0.2) is 68.3 Å². The molecule has 42 heavy (non-hydrogen) atoms. The normalized spacial score (nSPS) is 13.4. The first kappa shape index (κ1) is 28.7. The zero-order valence-corrected chi connectivity index (χ0v) is 24.7. The molecule has 0 radical (unpaired) electrons. The summed E-state index contributed by atoms with van der Waals surface area (Å²) in [5, 5.41) is 6.40. The van der Waals surface area contributed by atoms with Crippen LogP contribution in [0.5, 0.6) is 11.5 Å². The number of nitrogens with one attached hydrogen (secondary N) is 2. The predicted molar refractivity (Wildman–Crippen MR) is 168 cm³/mol. The molecule has 10 heteroatoms. The van der Waals surface area contributed by atoms with Gasteiger partial charge in [-0.15, -0.1) is 0 Å². The minimum Gasteiger partial charge on any atom is -0.497 e. The van der Waals surface area contributed by atoms with Crippen molar-refractivity contribution in [3.05, 3.63) is 84.2 Å². The van der Waals surface area contributed by atoms with Gasteiger partial charge in [0.25, 0.3) is 0 Å². The third kappa shape index (κ3) is 6.39. The van der Waals surface area contributed by atoms with E-state index in [1.807, 2.05) is 56.3 Å². The lowest BCUT2D eigenvalue weighted by molar-refractivity contribution is 0.259. The summed E-state index contributed by atoms with van der Waals surface area (Å²) in [6.45, 7) is 7.91. The number of ether oxygens (including phenoxy) is 2. The van der Waals surface area contributed by atoms with Gasteiger partial charge in [0.2, 0.25) is 0 Å². The lowest BCUT2D eigenvalue weighted by atomic mass is 10.1. The Labute approximate surface area is 246 Å². The molecule has 218 valence electrons.